The fraction of sp³-hybridized carbons (Fsp3) is 0.243. The molecule has 0 saturated carbocycles. The van der Waals surface area contributed by atoms with Gasteiger partial charge in [-0.3, -0.25) is 14.4 Å². The van der Waals surface area contributed by atoms with Gasteiger partial charge in [-0.1, -0.05) is 80.6 Å². The first-order valence-electron chi connectivity index (χ1n) is 15.3. The van der Waals surface area contributed by atoms with E-state index in [0.717, 1.165) is 39.8 Å². The van der Waals surface area contributed by atoms with E-state index in [-0.39, 0.29) is 16.8 Å². The quantitative estimate of drug-likeness (QED) is 0.187. The lowest BCUT2D eigenvalue weighted by atomic mass is 9.92. The molecule has 0 aliphatic carbocycles. The number of likely N-dealkylation sites (tertiary alicyclic amines) is 1. The van der Waals surface area contributed by atoms with Gasteiger partial charge in [0.2, 0.25) is 5.91 Å². The molecule has 1 aromatic heterocycles. The maximum absolute atomic E-state index is 13.6. The van der Waals surface area contributed by atoms with E-state index in [4.69, 9.17) is 0 Å². The summed E-state index contributed by atoms with van der Waals surface area (Å²) in [6, 6.07) is 28.1. The lowest BCUT2D eigenvalue weighted by Crippen LogP contribution is -2.41. The van der Waals surface area contributed by atoms with Gasteiger partial charge in [-0.05, 0) is 77.8 Å². The molecule has 4 aromatic carbocycles. The molecular formula is C37H36N4O3S. The van der Waals surface area contributed by atoms with Crippen LogP contribution in [-0.2, 0) is 4.79 Å². The van der Waals surface area contributed by atoms with Crippen LogP contribution in [0.4, 0.5) is 5.69 Å². The third-order valence-electron chi connectivity index (χ3n) is 8.30. The van der Waals surface area contributed by atoms with Crippen molar-refractivity contribution in [1.29, 1.82) is 0 Å². The van der Waals surface area contributed by atoms with Gasteiger partial charge >= 0.3 is 0 Å². The lowest BCUT2D eigenvalue weighted by molar-refractivity contribution is -0.132. The predicted octanol–water partition coefficient (Wildman–Crippen LogP) is 7.74. The molecule has 2 heterocycles. The zero-order chi connectivity index (χ0) is 31.5. The number of anilines is 1. The van der Waals surface area contributed by atoms with Crippen LogP contribution in [-0.4, -0.2) is 40.7 Å². The number of nitrogens with zero attached hydrogens (tertiary/aromatic N) is 2. The second-order valence-corrected chi connectivity index (χ2v) is 12.8. The molecule has 1 aliphatic heterocycles. The van der Waals surface area contributed by atoms with E-state index in [9.17, 15) is 14.4 Å². The monoisotopic (exact) mass is 616 g/mol. The highest BCUT2D eigenvalue weighted by atomic mass is 32.1. The molecule has 0 spiro atoms. The van der Waals surface area contributed by atoms with Crippen molar-refractivity contribution in [2.75, 3.05) is 18.4 Å². The first kappa shape index (κ1) is 30.2. The van der Waals surface area contributed by atoms with Crippen molar-refractivity contribution >= 4 is 45.0 Å². The molecule has 1 aliphatic rings. The standard InChI is InChI=1S/C37H36N4O3S/c1-23(2)25-14-16-26(17-15-25)32-24(3)10-9-13-29(32)34(42)38-28-18-19-30-31(22-28)45-36(39-30)35(43)40-33(27-11-5-4-6-12-27)37(44)41-20-7-8-21-41/h4-6,9-19,22-23,33H,7-8,20-21H2,1-3H3,(H,38,42)(H,40,43)/t33-/m0/s1. The largest absolute Gasteiger partial charge is 0.341 e. The molecule has 8 heteroatoms. The summed E-state index contributed by atoms with van der Waals surface area (Å²) in [6.07, 6.45) is 1.93. The summed E-state index contributed by atoms with van der Waals surface area (Å²) in [4.78, 5) is 46.8. The van der Waals surface area contributed by atoms with Gasteiger partial charge < -0.3 is 15.5 Å². The Balaban J connectivity index is 1.22. The average molecular weight is 617 g/mol. The van der Waals surface area contributed by atoms with E-state index >= 15 is 0 Å². The number of carbonyl (C=O) groups excluding carboxylic acids is 3. The molecule has 228 valence electrons. The van der Waals surface area contributed by atoms with Crippen LogP contribution < -0.4 is 10.6 Å². The zero-order valence-corrected chi connectivity index (χ0v) is 26.5. The third kappa shape index (κ3) is 6.51. The molecule has 2 N–H and O–H groups in total. The number of benzene rings is 4. The summed E-state index contributed by atoms with van der Waals surface area (Å²) in [5.41, 5.74) is 6.74. The molecule has 0 bridgehead atoms. The number of aromatic nitrogens is 1. The molecule has 7 nitrogen and oxygen atoms in total. The van der Waals surface area contributed by atoms with Crippen LogP contribution in [0, 0.1) is 6.92 Å². The van der Waals surface area contributed by atoms with Gasteiger partial charge in [0.05, 0.1) is 10.2 Å². The molecule has 0 radical (unpaired) electrons. The molecule has 3 amide bonds. The van der Waals surface area contributed by atoms with Gasteiger partial charge in [-0.25, -0.2) is 4.98 Å². The summed E-state index contributed by atoms with van der Waals surface area (Å²) >= 11 is 1.23. The van der Waals surface area contributed by atoms with Crippen molar-refractivity contribution in [1.82, 2.24) is 15.2 Å². The highest BCUT2D eigenvalue weighted by Crippen LogP contribution is 2.31. The second kappa shape index (κ2) is 13.0. The van der Waals surface area contributed by atoms with Gasteiger partial charge in [0.25, 0.3) is 11.8 Å². The number of amides is 3. The minimum absolute atomic E-state index is 0.107. The van der Waals surface area contributed by atoms with Crippen molar-refractivity contribution in [2.45, 2.75) is 45.6 Å². The van der Waals surface area contributed by atoms with E-state index < -0.39 is 11.9 Å². The van der Waals surface area contributed by atoms with E-state index in [2.05, 4.69) is 53.7 Å². The van der Waals surface area contributed by atoms with Crippen molar-refractivity contribution in [3.63, 3.8) is 0 Å². The molecule has 0 unspecified atom stereocenters. The van der Waals surface area contributed by atoms with E-state index in [1.807, 2.05) is 66.4 Å². The highest BCUT2D eigenvalue weighted by Gasteiger charge is 2.30. The van der Waals surface area contributed by atoms with Crippen LogP contribution in [0.2, 0.25) is 0 Å². The Bertz CT molecular complexity index is 1860. The minimum Gasteiger partial charge on any atom is -0.341 e. The molecule has 6 rings (SSSR count). The number of fused-ring (bicyclic) bond motifs is 1. The Morgan fingerprint density at radius 3 is 2.27 bits per heavy atom. The second-order valence-electron chi connectivity index (χ2n) is 11.8. The SMILES string of the molecule is Cc1cccc(C(=O)Nc2ccc3nc(C(=O)N[C@H](C(=O)N4CCCC4)c4ccccc4)sc3c2)c1-c1ccc(C(C)C)cc1. The Morgan fingerprint density at radius 1 is 0.822 bits per heavy atom. The van der Waals surface area contributed by atoms with Crippen molar-refractivity contribution in [3.8, 4) is 11.1 Å². The first-order chi connectivity index (χ1) is 21.8. The zero-order valence-electron chi connectivity index (χ0n) is 25.7. The lowest BCUT2D eigenvalue weighted by Gasteiger charge is -2.24. The van der Waals surface area contributed by atoms with Gasteiger partial charge in [-0.2, -0.15) is 0 Å². The highest BCUT2D eigenvalue weighted by molar-refractivity contribution is 7.20. The molecule has 1 saturated heterocycles. The first-order valence-corrected chi connectivity index (χ1v) is 16.2. The number of nitrogens with one attached hydrogen (secondary N) is 2. The smallest absolute Gasteiger partial charge is 0.281 e. The van der Waals surface area contributed by atoms with Crippen molar-refractivity contribution < 1.29 is 14.4 Å². The molecular weight excluding hydrogens is 580 g/mol. The molecule has 5 aromatic rings. The third-order valence-corrected chi connectivity index (χ3v) is 9.31. The summed E-state index contributed by atoms with van der Waals surface area (Å²) in [5, 5.41) is 6.24. The van der Waals surface area contributed by atoms with Gasteiger partial charge in [-0.15, -0.1) is 11.3 Å². The van der Waals surface area contributed by atoms with Crippen LogP contribution in [0.1, 0.15) is 75.5 Å². The summed E-state index contributed by atoms with van der Waals surface area (Å²) in [6.45, 7) is 7.73. The normalized spacial score (nSPS) is 13.6. The van der Waals surface area contributed by atoms with Gasteiger partial charge in [0.1, 0.15) is 6.04 Å². The van der Waals surface area contributed by atoms with E-state index in [1.54, 1.807) is 12.1 Å². The molecule has 45 heavy (non-hydrogen) atoms. The summed E-state index contributed by atoms with van der Waals surface area (Å²) < 4.78 is 0.758. The number of hydrogen-bond acceptors (Lipinski definition) is 5. The number of rotatable bonds is 8. The number of aryl methyl sites for hydroxylation is 1. The van der Waals surface area contributed by atoms with Gasteiger partial charge in [0, 0.05) is 24.3 Å². The maximum Gasteiger partial charge on any atom is 0.281 e. The summed E-state index contributed by atoms with van der Waals surface area (Å²) in [7, 11) is 0. The fourth-order valence-electron chi connectivity index (χ4n) is 5.82. The van der Waals surface area contributed by atoms with E-state index in [1.165, 1.54) is 16.9 Å². The van der Waals surface area contributed by atoms with Crippen LogP contribution in [0.15, 0.2) is 91.0 Å². The number of hydrogen-bond donors (Lipinski definition) is 2. The van der Waals surface area contributed by atoms with Crippen LogP contribution in [0.3, 0.4) is 0 Å². The Morgan fingerprint density at radius 2 is 1.56 bits per heavy atom. The predicted molar refractivity (Wildman–Crippen MR) is 181 cm³/mol. The van der Waals surface area contributed by atoms with Crippen molar-refractivity contribution in [3.05, 3.63) is 118 Å². The molecule has 1 atom stereocenters. The van der Waals surface area contributed by atoms with E-state index in [0.29, 0.717) is 35.8 Å². The van der Waals surface area contributed by atoms with Crippen LogP contribution in [0.25, 0.3) is 21.3 Å². The Hall–Kier alpha value is -4.82. The Labute approximate surface area is 267 Å². The van der Waals surface area contributed by atoms with Crippen LogP contribution in [0.5, 0.6) is 0 Å². The Kier molecular flexibility index (Phi) is 8.76. The summed E-state index contributed by atoms with van der Waals surface area (Å²) in [5.74, 6) is -0.301. The fourth-order valence-corrected chi connectivity index (χ4v) is 6.73. The average Bonchev–Trinajstić information content (AvgIpc) is 3.74. The van der Waals surface area contributed by atoms with Gasteiger partial charge in [0.15, 0.2) is 5.01 Å². The van der Waals surface area contributed by atoms with Crippen molar-refractivity contribution in [2.24, 2.45) is 0 Å². The number of carbonyl (C=O) groups is 3. The molecule has 1 fully saturated rings. The topological polar surface area (TPSA) is 91.4 Å². The maximum atomic E-state index is 13.6. The van der Waals surface area contributed by atoms with Crippen LogP contribution >= 0.6 is 11.3 Å². The minimum atomic E-state index is -0.788. The number of thiazole rings is 1.